The predicted molar refractivity (Wildman–Crippen MR) is 224 cm³/mol. The standard InChI is InChI=1S/C38H27N5O16S4.2Cu.4Na/c44-30-13-19(6-10-27(30)40-42-29-18-32(61(51,52)53)26-16-24(60(48,49)50)17-33(62(54,55)56)35(26)38(29)47)20-7-11-28(31(45)14-20)41-43-36-34(63(57,58)59)15-21-12-23(8-9-25(21)37(36)46)39-22-4-2-1-3-5-22;;;;;;/h1-18,39,44-47H,(H,48,49,50)(H,51,52,53)(H,54,55,56)(H,57,58,59);;;;;;/q;2*+2;4*+1. The number of aromatic hydroxyl groups is 4. The second-order valence-electron chi connectivity index (χ2n) is 13.3. The topological polar surface area (TPSA) is 360 Å². The molecule has 31 heteroatoms. The molecule has 7 rings (SSSR count). The fourth-order valence-corrected chi connectivity index (χ4v) is 8.97. The molecule has 21 nitrogen and oxygen atoms in total. The predicted octanol–water partition coefficient (Wildman–Crippen LogP) is -3.95. The Balaban J connectivity index is 0.00000397. The first-order chi connectivity index (χ1) is 29.4. The Labute approximate surface area is 502 Å². The van der Waals surface area contributed by atoms with Crippen LogP contribution >= 0.6 is 0 Å². The van der Waals surface area contributed by atoms with Crippen LogP contribution in [0.15, 0.2) is 149 Å². The normalized spacial score (nSPS) is 11.7. The Morgan fingerprint density at radius 3 is 1.42 bits per heavy atom. The maximum Gasteiger partial charge on any atom is 2.00 e. The number of nitrogens with zero attached hydrogens (tertiary/aromatic N) is 4. The molecule has 0 spiro atoms. The minimum atomic E-state index is -5.46. The van der Waals surface area contributed by atoms with Gasteiger partial charge in [0.25, 0.3) is 40.5 Å². The van der Waals surface area contributed by atoms with Crippen molar-refractivity contribution >= 4 is 96.1 Å². The van der Waals surface area contributed by atoms with Gasteiger partial charge in [-0.05, 0) is 95.4 Å². The van der Waals surface area contributed by atoms with Gasteiger partial charge in [0.15, 0.2) is 11.5 Å². The summed E-state index contributed by atoms with van der Waals surface area (Å²) in [4.78, 5) is -4.61. The van der Waals surface area contributed by atoms with Crippen molar-refractivity contribution in [2.45, 2.75) is 19.6 Å². The zero-order chi connectivity index (χ0) is 45.8. The molecule has 9 N–H and O–H groups in total. The molecule has 7 aromatic carbocycles. The van der Waals surface area contributed by atoms with Gasteiger partial charge in [-0.15, -0.1) is 20.5 Å². The van der Waals surface area contributed by atoms with E-state index in [1.165, 1.54) is 36.4 Å². The molecule has 0 aliphatic rings. The Morgan fingerprint density at radius 2 is 0.928 bits per heavy atom. The summed E-state index contributed by atoms with van der Waals surface area (Å²) < 4.78 is 137. The molecule has 69 heavy (non-hydrogen) atoms. The van der Waals surface area contributed by atoms with Gasteiger partial charge in [-0.1, -0.05) is 30.3 Å². The molecule has 342 valence electrons. The van der Waals surface area contributed by atoms with E-state index in [4.69, 9.17) is 0 Å². The van der Waals surface area contributed by atoms with Crippen molar-refractivity contribution in [2.24, 2.45) is 20.5 Å². The van der Waals surface area contributed by atoms with Gasteiger partial charge in [-0.3, -0.25) is 18.2 Å². The van der Waals surface area contributed by atoms with Crippen LogP contribution in [0.1, 0.15) is 0 Å². The zero-order valence-electron chi connectivity index (χ0n) is 35.8. The number of phenols is 4. The Kier molecular flexibility index (Phi) is 23.8. The molecular weight excluding hydrogens is 1130 g/mol. The molecule has 0 atom stereocenters. The molecule has 0 saturated carbocycles. The molecular formula is C38H27Cu2N5Na4O16S4+8. The average Bonchev–Trinajstić information content (AvgIpc) is 3.19. The molecule has 0 bridgehead atoms. The summed E-state index contributed by atoms with van der Waals surface area (Å²) in [7, 11) is -21.0. The van der Waals surface area contributed by atoms with Crippen LogP contribution in [-0.4, -0.2) is 72.3 Å². The third-order valence-corrected chi connectivity index (χ3v) is 12.6. The first kappa shape index (κ1) is 65.0. The van der Waals surface area contributed by atoms with Crippen molar-refractivity contribution < 1.29 is 225 Å². The van der Waals surface area contributed by atoms with Crippen LogP contribution in [0.4, 0.5) is 34.1 Å². The molecule has 0 aliphatic carbocycles. The van der Waals surface area contributed by atoms with Crippen LogP contribution < -0.4 is 124 Å². The van der Waals surface area contributed by atoms with Crippen LogP contribution in [0.5, 0.6) is 23.0 Å². The van der Waals surface area contributed by atoms with E-state index in [1.54, 1.807) is 24.3 Å². The van der Waals surface area contributed by atoms with Crippen molar-refractivity contribution in [3.05, 3.63) is 109 Å². The van der Waals surface area contributed by atoms with E-state index >= 15 is 0 Å². The summed E-state index contributed by atoms with van der Waals surface area (Å²) in [5.41, 5.74) is -0.272. The smallest absolute Gasteiger partial charge is 0.506 e. The number of anilines is 2. The van der Waals surface area contributed by atoms with Crippen molar-refractivity contribution in [3.8, 4) is 34.1 Å². The maximum absolute atomic E-state index is 12.4. The van der Waals surface area contributed by atoms with Gasteiger partial charge >= 0.3 is 152 Å². The van der Waals surface area contributed by atoms with Crippen LogP contribution in [-0.2, 0) is 74.6 Å². The molecule has 0 saturated heterocycles. The number of fused-ring (bicyclic) bond motifs is 2. The number of hydrogen-bond donors (Lipinski definition) is 9. The molecule has 7 aromatic rings. The summed E-state index contributed by atoms with van der Waals surface area (Å²) >= 11 is 0. The second kappa shape index (κ2) is 25.3. The van der Waals surface area contributed by atoms with Gasteiger partial charge in [0, 0.05) is 27.5 Å². The average molecular weight is 1160 g/mol. The van der Waals surface area contributed by atoms with Crippen molar-refractivity contribution in [1.82, 2.24) is 0 Å². The number of phenolic OH excluding ortho intramolecular Hbond substituents is 4. The minimum absolute atomic E-state index is 0. The van der Waals surface area contributed by atoms with Gasteiger partial charge in [0.05, 0.1) is 4.90 Å². The third kappa shape index (κ3) is 14.8. The summed E-state index contributed by atoms with van der Waals surface area (Å²) in [5.74, 6) is -2.93. The minimum Gasteiger partial charge on any atom is -0.506 e. The molecule has 0 amide bonds. The second-order valence-corrected chi connectivity index (χ2v) is 18.9. The Bertz CT molecular complexity index is 3620. The van der Waals surface area contributed by atoms with Gasteiger partial charge < -0.3 is 25.7 Å². The molecule has 0 heterocycles. The van der Waals surface area contributed by atoms with E-state index in [2.05, 4.69) is 25.8 Å². The number of rotatable bonds is 11. The fraction of sp³-hybridized carbons (Fsp3) is 0. The van der Waals surface area contributed by atoms with Gasteiger partial charge in [0.2, 0.25) is 0 Å². The number of hydrogen-bond acceptors (Lipinski definition) is 17. The Morgan fingerprint density at radius 1 is 0.420 bits per heavy atom. The van der Waals surface area contributed by atoms with Crippen molar-refractivity contribution in [2.75, 3.05) is 5.32 Å². The molecule has 2 radical (unpaired) electrons. The number of azo groups is 2. The summed E-state index contributed by atoms with van der Waals surface area (Å²) in [6, 6.07) is 23.4. The number of benzene rings is 7. The molecule has 0 unspecified atom stereocenters. The molecule has 0 fully saturated rings. The van der Waals surface area contributed by atoms with Gasteiger partial charge in [0.1, 0.15) is 48.9 Å². The summed E-state index contributed by atoms with van der Waals surface area (Å²) in [5, 5.41) is 60.3. The first-order valence-electron chi connectivity index (χ1n) is 17.3. The quantitative estimate of drug-likeness (QED) is 0.0339. The van der Waals surface area contributed by atoms with E-state index in [1.807, 2.05) is 18.2 Å². The van der Waals surface area contributed by atoms with E-state index in [0.717, 1.165) is 17.8 Å². The third-order valence-electron chi connectivity index (χ3n) is 9.14. The van der Waals surface area contributed by atoms with Gasteiger partial charge in [-0.2, -0.15) is 33.7 Å². The Hall–Kier alpha value is -2.06. The van der Waals surface area contributed by atoms with E-state index in [9.17, 15) is 72.3 Å². The van der Waals surface area contributed by atoms with E-state index in [-0.39, 0.29) is 192 Å². The SMILES string of the molecule is O=S(=O)(O)c1cc(S(=O)(=O)O)c2c(O)c(N=Nc3ccc(-c4ccc(N=Nc5c(S(=O)(=O)O)cc6cc(Nc7ccccc7)ccc6c5O)c(O)c4)cc3O)cc(S(=O)(=O)O)c2c1.[Cu+2].[Cu+2].[Na+].[Na+].[Na+].[Na+]. The van der Waals surface area contributed by atoms with Gasteiger partial charge in [-0.25, -0.2) is 0 Å². The summed E-state index contributed by atoms with van der Waals surface area (Å²) in [6.45, 7) is 0. The van der Waals surface area contributed by atoms with Crippen molar-refractivity contribution in [1.29, 1.82) is 0 Å². The van der Waals surface area contributed by atoms with Crippen LogP contribution in [0.2, 0.25) is 0 Å². The van der Waals surface area contributed by atoms with Crippen LogP contribution in [0.3, 0.4) is 0 Å². The van der Waals surface area contributed by atoms with E-state index < -0.39 is 105 Å². The maximum atomic E-state index is 12.4. The summed E-state index contributed by atoms with van der Waals surface area (Å²) in [6.07, 6.45) is 0. The molecule has 0 aliphatic heterocycles. The monoisotopic (exact) mass is 1150 g/mol. The zero-order valence-corrected chi connectivity index (χ0v) is 48.9. The number of nitrogens with one attached hydrogen (secondary N) is 1. The largest absolute Gasteiger partial charge is 2.00 e. The van der Waals surface area contributed by atoms with E-state index in [0.29, 0.717) is 17.8 Å². The van der Waals surface area contributed by atoms with Crippen LogP contribution in [0.25, 0.3) is 32.7 Å². The fourth-order valence-electron chi connectivity index (χ4n) is 6.27. The first-order valence-corrected chi connectivity index (χ1v) is 23.0. The molecule has 0 aromatic heterocycles. The van der Waals surface area contributed by atoms with Crippen molar-refractivity contribution in [3.63, 3.8) is 0 Å². The van der Waals surface area contributed by atoms with Crippen LogP contribution in [0, 0.1) is 0 Å². The number of para-hydroxylation sites is 1.